The van der Waals surface area contributed by atoms with Crippen LogP contribution in [0.4, 0.5) is 0 Å². The average Bonchev–Trinajstić information content (AvgIpc) is 2.37. The van der Waals surface area contributed by atoms with Crippen LogP contribution in [0.5, 0.6) is 0 Å². The van der Waals surface area contributed by atoms with Crippen molar-refractivity contribution in [1.29, 1.82) is 0 Å². The molecule has 2 unspecified atom stereocenters. The van der Waals surface area contributed by atoms with Crippen LogP contribution in [0.15, 0.2) is 36.4 Å². The lowest BCUT2D eigenvalue weighted by Crippen LogP contribution is -2.12. The highest BCUT2D eigenvalue weighted by Crippen LogP contribution is 2.41. The van der Waals surface area contributed by atoms with Gasteiger partial charge in [-0.1, -0.05) is 58.5 Å². The molecule has 106 valence electrons. The van der Waals surface area contributed by atoms with E-state index in [0.717, 1.165) is 0 Å². The van der Waals surface area contributed by atoms with Gasteiger partial charge in [-0.2, -0.15) is 0 Å². The van der Waals surface area contributed by atoms with E-state index in [9.17, 15) is 10.2 Å². The third-order valence-electron chi connectivity index (χ3n) is 2.89. The predicted molar refractivity (Wildman–Crippen MR) is 82.8 cm³/mol. The first-order chi connectivity index (χ1) is 9.43. The summed E-state index contributed by atoms with van der Waals surface area (Å²) in [5.41, 5.74) is 0.471. The molecule has 2 aromatic carbocycles. The fourth-order valence-electron chi connectivity index (χ4n) is 1.90. The molecule has 0 fully saturated rings. The molecule has 0 aliphatic heterocycles. The third-order valence-corrected chi connectivity index (χ3v) is 4.21. The molecule has 2 aromatic rings. The van der Waals surface area contributed by atoms with Crippen molar-refractivity contribution < 1.29 is 10.2 Å². The Morgan fingerprint density at radius 1 is 0.600 bits per heavy atom. The van der Waals surface area contributed by atoms with E-state index < -0.39 is 12.2 Å². The second-order valence-corrected chi connectivity index (χ2v) is 5.79. The van der Waals surface area contributed by atoms with Crippen LogP contribution in [0.1, 0.15) is 23.3 Å². The number of aliphatic hydroxyl groups excluding tert-OH is 2. The largest absolute Gasteiger partial charge is 0.385 e. The Hall–Kier alpha value is -0.480. The highest BCUT2D eigenvalue weighted by atomic mass is 35.5. The van der Waals surface area contributed by atoms with Gasteiger partial charge in [-0.3, -0.25) is 0 Å². The van der Waals surface area contributed by atoms with Crippen molar-refractivity contribution in [1.82, 2.24) is 0 Å². The number of halogens is 4. The van der Waals surface area contributed by atoms with Crippen LogP contribution in [0.3, 0.4) is 0 Å². The molecule has 0 aliphatic rings. The van der Waals surface area contributed by atoms with Crippen molar-refractivity contribution in [2.45, 2.75) is 12.2 Å². The van der Waals surface area contributed by atoms with Gasteiger partial charge in [0, 0.05) is 31.2 Å². The zero-order chi connectivity index (χ0) is 14.9. The van der Waals surface area contributed by atoms with E-state index >= 15 is 0 Å². The lowest BCUT2D eigenvalue weighted by atomic mass is 9.98. The molecular weight excluding hydrogens is 342 g/mol. The minimum atomic E-state index is -1.34. The minimum absolute atomic E-state index is 0.235. The highest BCUT2D eigenvalue weighted by molar-refractivity contribution is 6.36. The number of rotatable bonds is 3. The summed E-state index contributed by atoms with van der Waals surface area (Å²) in [6, 6.07) is 9.60. The summed E-state index contributed by atoms with van der Waals surface area (Å²) < 4.78 is 0. The second kappa shape index (κ2) is 6.52. The summed E-state index contributed by atoms with van der Waals surface area (Å²) in [5.74, 6) is 0. The van der Waals surface area contributed by atoms with Crippen molar-refractivity contribution in [2.75, 3.05) is 0 Å². The SMILES string of the molecule is OC(c1c(Cl)cccc1Cl)C(O)c1c(Cl)cccc1Cl. The number of hydrogen-bond acceptors (Lipinski definition) is 2. The van der Waals surface area contributed by atoms with Gasteiger partial charge in [-0.05, 0) is 24.3 Å². The molecule has 0 saturated heterocycles. The fourth-order valence-corrected chi connectivity index (χ4v) is 3.14. The van der Waals surface area contributed by atoms with Gasteiger partial charge in [0.05, 0.1) is 0 Å². The number of benzene rings is 2. The van der Waals surface area contributed by atoms with Crippen LogP contribution in [-0.4, -0.2) is 10.2 Å². The van der Waals surface area contributed by atoms with Crippen molar-refractivity contribution in [3.8, 4) is 0 Å². The van der Waals surface area contributed by atoms with Gasteiger partial charge < -0.3 is 10.2 Å². The zero-order valence-corrected chi connectivity index (χ0v) is 13.0. The minimum Gasteiger partial charge on any atom is -0.385 e. The molecule has 2 N–H and O–H groups in total. The standard InChI is InChI=1S/C14H10Cl4O2/c15-7-3-1-4-8(16)11(7)13(19)14(20)12-9(17)5-2-6-10(12)18/h1-6,13-14,19-20H. The highest BCUT2D eigenvalue weighted by Gasteiger charge is 2.27. The normalized spacial score (nSPS) is 14.1. The lowest BCUT2D eigenvalue weighted by Gasteiger charge is -2.22. The van der Waals surface area contributed by atoms with Gasteiger partial charge in [0.15, 0.2) is 0 Å². The third kappa shape index (κ3) is 3.06. The number of hydrogen-bond donors (Lipinski definition) is 2. The molecular formula is C14H10Cl4O2. The quantitative estimate of drug-likeness (QED) is 0.810. The average molecular weight is 352 g/mol. The van der Waals surface area contributed by atoms with Crippen LogP contribution in [-0.2, 0) is 0 Å². The van der Waals surface area contributed by atoms with Gasteiger partial charge in [-0.15, -0.1) is 0 Å². The Morgan fingerprint density at radius 3 is 1.10 bits per heavy atom. The predicted octanol–water partition coefficient (Wildman–Crippen LogP) is 5.07. The fraction of sp³-hybridized carbons (Fsp3) is 0.143. The Kier molecular flexibility index (Phi) is 5.19. The molecule has 2 atom stereocenters. The van der Waals surface area contributed by atoms with E-state index in [1.54, 1.807) is 36.4 Å². The monoisotopic (exact) mass is 350 g/mol. The molecule has 0 radical (unpaired) electrons. The van der Waals surface area contributed by atoms with E-state index in [1.807, 2.05) is 0 Å². The van der Waals surface area contributed by atoms with Crippen LogP contribution in [0, 0.1) is 0 Å². The van der Waals surface area contributed by atoms with Gasteiger partial charge in [0.2, 0.25) is 0 Å². The molecule has 0 bridgehead atoms. The summed E-state index contributed by atoms with van der Waals surface area (Å²) in [6.07, 6.45) is -2.68. The molecule has 0 amide bonds. The van der Waals surface area contributed by atoms with E-state index in [-0.39, 0.29) is 31.2 Å². The Morgan fingerprint density at radius 2 is 0.850 bits per heavy atom. The lowest BCUT2D eigenvalue weighted by molar-refractivity contribution is 0.0175. The first-order valence-corrected chi connectivity index (χ1v) is 7.18. The first-order valence-electron chi connectivity index (χ1n) is 5.67. The van der Waals surface area contributed by atoms with Gasteiger partial charge in [0.25, 0.3) is 0 Å². The maximum atomic E-state index is 10.3. The Balaban J connectivity index is 2.46. The van der Waals surface area contributed by atoms with Crippen LogP contribution < -0.4 is 0 Å². The molecule has 0 spiro atoms. The van der Waals surface area contributed by atoms with Gasteiger partial charge >= 0.3 is 0 Å². The molecule has 2 nitrogen and oxygen atoms in total. The zero-order valence-electron chi connectivity index (χ0n) is 10.0. The van der Waals surface area contributed by atoms with Gasteiger partial charge in [-0.25, -0.2) is 0 Å². The Labute approximate surface area is 136 Å². The molecule has 20 heavy (non-hydrogen) atoms. The van der Waals surface area contributed by atoms with Crippen molar-refractivity contribution in [3.63, 3.8) is 0 Å². The van der Waals surface area contributed by atoms with E-state index in [0.29, 0.717) is 0 Å². The van der Waals surface area contributed by atoms with E-state index in [2.05, 4.69) is 0 Å². The molecule has 0 aliphatic carbocycles. The topological polar surface area (TPSA) is 40.5 Å². The molecule has 0 heterocycles. The molecule has 6 heteroatoms. The van der Waals surface area contributed by atoms with Crippen LogP contribution in [0.25, 0.3) is 0 Å². The molecule has 0 aromatic heterocycles. The van der Waals surface area contributed by atoms with Crippen LogP contribution >= 0.6 is 46.4 Å². The summed E-state index contributed by atoms with van der Waals surface area (Å²) in [5, 5.41) is 21.7. The Bertz CT molecular complexity index is 535. The molecule has 2 rings (SSSR count). The first kappa shape index (κ1) is 15.9. The summed E-state index contributed by atoms with van der Waals surface area (Å²) in [7, 11) is 0. The van der Waals surface area contributed by atoms with Crippen molar-refractivity contribution in [3.05, 3.63) is 67.6 Å². The molecule has 0 saturated carbocycles. The maximum absolute atomic E-state index is 10.3. The van der Waals surface area contributed by atoms with E-state index in [4.69, 9.17) is 46.4 Å². The summed E-state index contributed by atoms with van der Waals surface area (Å²) in [4.78, 5) is 0. The van der Waals surface area contributed by atoms with E-state index in [1.165, 1.54) is 0 Å². The van der Waals surface area contributed by atoms with Crippen molar-refractivity contribution >= 4 is 46.4 Å². The second-order valence-electron chi connectivity index (χ2n) is 4.16. The summed E-state index contributed by atoms with van der Waals surface area (Å²) in [6.45, 7) is 0. The maximum Gasteiger partial charge on any atom is 0.112 e. The van der Waals surface area contributed by atoms with Gasteiger partial charge in [0.1, 0.15) is 12.2 Å². The smallest absolute Gasteiger partial charge is 0.112 e. The van der Waals surface area contributed by atoms with Crippen LogP contribution in [0.2, 0.25) is 20.1 Å². The van der Waals surface area contributed by atoms with Crippen molar-refractivity contribution in [2.24, 2.45) is 0 Å². The summed E-state index contributed by atoms with van der Waals surface area (Å²) >= 11 is 24.1. The number of aliphatic hydroxyl groups is 2.